The third-order valence-electron chi connectivity index (χ3n) is 9.66. The van der Waals surface area contributed by atoms with E-state index in [-0.39, 0.29) is 17.3 Å². The van der Waals surface area contributed by atoms with Gasteiger partial charge >= 0.3 is 0 Å². The van der Waals surface area contributed by atoms with Crippen molar-refractivity contribution in [2.24, 2.45) is 21.3 Å². The fraction of sp³-hybridized carbons (Fsp3) is 0.581. The second-order valence-electron chi connectivity index (χ2n) is 12.2. The molecule has 2 aliphatic heterocycles. The summed E-state index contributed by atoms with van der Waals surface area (Å²) in [4.78, 5) is 15.6. The molecule has 0 saturated heterocycles. The quantitative estimate of drug-likeness (QED) is 0.449. The van der Waals surface area contributed by atoms with Crippen LogP contribution in [-0.4, -0.2) is 48.8 Å². The number of amides is 1. The Morgan fingerprint density at radius 1 is 1.12 bits per heavy atom. The van der Waals surface area contributed by atoms with E-state index in [4.69, 9.17) is 26.2 Å². The Morgan fingerprint density at radius 2 is 2.00 bits per heavy atom. The molecule has 2 aromatic rings. The minimum atomic E-state index is -3.10. The van der Waals surface area contributed by atoms with Crippen LogP contribution in [0.1, 0.15) is 72.9 Å². The molecule has 9 heteroatoms. The predicted molar refractivity (Wildman–Crippen MR) is 160 cm³/mol. The number of fused-ring (bicyclic) bond motifs is 4. The summed E-state index contributed by atoms with van der Waals surface area (Å²) in [6.07, 6.45) is 9.18. The molecule has 1 spiro atoms. The highest BCUT2D eigenvalue weighted by Crippen LogP contribution is 2.47. The molecule has 40 heavy (non-hydrogen) atoms. The Kier molecular flexibility index (Phi) is 7.89. The van der Waals surface area contributed by atoms with Crippen molar-refractivity contribution in [3.63, 3.8) is 0 Å². The Labute approximate surface area is 243 Å². The lowest BCUT2D eigenvalue weighted by molar-refractivity contribution is -0.0220. The Morgan fingerprint density at radius 3 is 2.80 bits per heavy atom. The first kappa shape index (κ1) is 28.0. The van der Waals surface area contributed by atoms with E-state index >= 15 is 0 Å². The van der Waals surface area contributed by atoms with Crippen molar-refractivity contribution in [2.75, 3.05) is 37.5 Å². The van der Waals surface area contributed by atoms with Gasteiger partial charge in [0.25, 0.3) is 5.91 Å². The fourth-order valence-electron chi connectivity index (χ4n) is 7.42. The lowest BCUT2D eigenvalue weighted by Crippen LogP contribution is -2.49. The van der Waals surface area contributed by atoms with E-state index in [1.165, 1.54) is 24.0 Å². The van der Waals surface area contributed by atoms with Gasteiger partial charge in [-0.3, -0.25) is 4.79 Å². The molecule has 216 valence electrons. The van der Waals surface area contributed by atoms with E-state index in [0.717, 1.165) is 68.1 Å². The van der Waals surface area contributed by atoms with Gasteiger partial charge in [-0.1, -0.05) is 30.5 Å². The average Bonchev–Trinajstić information content (AvgIpc) is 3.06. The lowest BCUT2D eigenvalue weighted by atomic mass is 9.68. The molecule has 2 heterocycles. The van der Waals surface area contributed by atoms with Crippen LogP contribution >= 0.6 is 11.6 Å². The van der Waals surface area contributed by atoms with E-state index in [1.807, 2.05) is 25.3 Å². The molecule has 4 aliphatic rings. The van der Waals surface area contributed by atoms with Crippen LogP contribution in [0.5, 0.6) is 5.75 Å². The number of carbonyl (C=O) groups is 1. The van der Waals surface area contributed by atoms with Crippen molar-refractivity contribution < 1.29 is 18.5 Å². The second kappa shape index (κ2) is 11.3. The zero-order valence-corrected chi connectivity index (χ0v) is 24.9. The number of nitrogens with zero attached hydrogens (tertiary/aromatic N) is 2. The maximum atomic E-state index is 13.2. The summed E-state index contributed by atoms with van der Waals surface area (Å²) in [5.41, 5.74) is 3.73. The fourth-order valence-corrected chi connectivity index (χ4v) is 8.71. The van der Waals surface area contributed by atoms with Crippen molar-refractivity contribution in [1.29, 1.82) is 0 Å². The number of halogens is 1. The summed E-state index contributed by atoms with van der Waals surface area (Å²) in [6.45, 7) is 2.22. The van der Waals surface area contributed by atoms with Crippen LogP contribution in [-0.2, 0) is 26.5 Å². The van der Waals surface area contributed by atoms with Crippen molar-refractivity contribution in [2.45, 2.75) is 69.3 Å². The molecule has 0 radical (unpaired) electrons. The van der Waals surface area contributed by atoms with Crippen LogP contribution < -0.4 is 14.8 Å². The zero-order chi connectivity index (χ0) is 27.9. The maximum Gasteiger partial charge on any atom is 0.286 e. The Bertz CT molecular complexity index is 1410. The van der Waals surface area contributed by atoms with E-state index < -0.39 is 15.8 Å². The van der Waals surface area contributed by atoms with Crippen molar-refractivity contribution in [3.8, 4) is 5.75 Å². The van der Waals surface area contributed by atoms with Crippen LogP contribution in [0.4, 0.5) is 5.69 Å². The first-order valence-corrected chi connectivity index (χ1v) is 16.8. The minimum Gasteiger partial charge on any atom is -0.490 e. The molecule has 5 atom stereocenters. The molecular formula is C31H40ClN3O4S. The second-order valence-corrected chi connectivity index (χ2v) is 14.6. The highest BCUT2D eigenvalue weighted by Gasteiger charge is 2.44. The van der Waals surface area contributed by atoms with E-state index in [0.29, 0.717) is 30.4 Å². The molecule has 1 saturated carbocycles. The summed E-state index contributed by atoms with van der Waals surface area (Å²) in [5.74, 6) is 1.45. The normalized spacial score (nSPS) is 32.6. The zero-order valence-electron chi connectivity index (χ0n) is 23.3. The molecule has 2 N–H and O–H groups in total. The third kappa shape index (κ3) is 5.52. The largest absolute Gasteiger partial charge is 0.490 e. The topological polar surface area (TPSA) is 94.2 Å². The van der Waals surface area contributed by atoms with Crippen LogP contribution in [0, 0.1) is 11.8 Å². The minimum absolute atomic E-state index is 0.182. The molecule has 0 aromatic heterocycles. The van der Waals surface area contributed by atoms with Gasteiger partial charge in [0.05, 0.1) is 18.4 Å². The molecule has 2 aromatic carbocycles. The third-order valence-corrected chi connectivity index (χ3v) is 11.2. The van der Waals surface area contributed by atoms with Gasteiger partial charge in [0.2, 0.25) is 0 Å². The molecule has 6 rings (SSSR count). The van der Waals surface area contributed by atoms with Crippen molar-refractivity contribution in [3.05, 3.63) is 58.1 Å². The molecular weight excluding hydrogens is 546 g/mol. The number of aryl methyl sites for hydroxylation is 1. The molecule has 7 nitrogen and oxygen atoms in total. The summed E-state index contributed by atoms with van der Waals surface area (Å²) in [7, 11) is -1.27. The van der Waals surface area contributed by atoms with Crippen molar-refractivity contribution >= 4 is 33.1 Å². The first-order valence-electron chi connectivity index (χ1n) is 14.7. The number of hydrogen-bond donors (Lipinski definition) is 1. The van der Waals surface area contributed by atoms with Crippen LogP contribution in [0.3, 0.4) is 0 Å². The number of methoxy groups -OCH3 is 1. The van der Waals surface area contributed by atoms with Crippen LogP contribution in [0.2, 0.25) is 5.02 Å². The van der Waals surface area contributed by atoms with Gasteiger partial charge < -0.3 is 14.4 Å². The summed E-state index contributed by atoms with van der Waals surface area (Å²) in [5, 5.41) is 6.79. The summed E-state index contributed by atoms with van der Waals surface area (Å²) in [6, 6.07) is 11.8. The molecule has 2 aliphatic carbocycles. The van der Waals surface area contributed by atoms with Crippen molar-refractivity contribution in [1.82, 2.24) is 0 Å². The van der Waals surface area contributed by atoms with Gasteiger partial charge in [-0.2, -0.15) is 0 Å². The van der Waals surface area contributed by atoms with Gasteiger partial charge in [0.15, 0.2) is 0 Å². The van der Waals surface area contributed by atoms with E-state index in [9.17, 15) is 9.00 Å². The SMILES string of the molecule is CO[C@H]1CCCCCS(N)(=O)=NC(=O)c2ccc3c(c2)N(C[C@@H]2CC[C@H]21)C[C@@]1(CCCc2cc(Cl)ccc21)CO3. The summed E-state index contributed by atoms with van der Waals surface area (Å²) >= 11 is 6.40. The van der Waals surface area contributed by atoms with Gasteiger partial charge in [-0.15, -0.1) is 4.36 Å². The van der Waals surface area contributed by atoms with E-state index in [2.05, 4.69) is 21.4 Å². The Hall–Kier alpha value is -2.13. The average molecular weight is 586 g/mol. The standard InChI is InChI=1S/C31H40ClN3O4S/c1-38-28-7-3-2-4-15-40(33,37)34-30(36)22-9-13-29-27(17-22)35(18-23-8-11-25(23)28)19-31(20-39-29)14-5-6-21-16-24(32)10-12-26(21)31/h9-10,12-13,16-17,23,25,28H,2-8,11,14-15,18-20H2,1H3,(H2,33,34,36,37)/t23-,25+,28-,31-,40?/m0/s1. The number of carbonyl (C=O) groups excluding carboxylic acids is 1. The number of rotatable bonds is 1. The molecule has 1 fully saturated rings. The number of anilines is 1. The van der Waals surface area contributed by atoms with Gasteiger partial charge in [0.1, 0.15) is 15.7 Å². The van der Waals surface area contributed by atoms with Gasteiger partial charge in [-0.25, -0.2) is 9.35 Å². The van der Waals surface area contributed by atoms with Gasteiger partial charge in [-0.05, 0) is 98.2 Å². The Balaban J connectivity index is 1.43. The highest BCUT2D eigenvalue weighted by atomic mass is 35.5. The number of hydrogen-bond acceptors (Lipinski definition) is 5. The molecule has 1 amide bonds. The predicted octanol–water partition coefficient (Wildman–Crippen LogP) is 5.91. The monoisotopic (exact) mass is 585 g/mol. The number of ether oxygens (including phenoxy) is 2. The molecule has 1 unspecified atom stereocenters. The number of benzene rings is 2. The number of nitrogens with two attached hydrogens (primary N) is 1. The van der Waals surface area contributed by atoms with E-state index in [1.54, 1.807) is 6.07 Å². The summed E-state index contributed by atoms with van der Waals surface area (Å²) < 4.78 is 29.6. The smallest absolute Gasteiger partial charge is 0.286 e. The van der Waals surface area contributed by atoms with Gasteiger partial charge in [0, 0.05) is 42.0 Å². The van der Waals surface area contributed by atoms with Crippen LogP contribution in [0.25, 0.3) is 0 Å². The van der Waals surface area contributed by atoms with Crippen LogP contribution in [0.15, 0.2) is 40.8 Å². The maximum absolute atomic E-state index is 13.2. The molecule has 2 bridgehead atoms. The first-order chi connectivity index (χ1) is 19.3. The highest BCUT2D eigenvalue weighted by molar-refractivity contribution is 7.91. The lowest BCUT2D eigenvalue weighted by Gasteiger charge is -2.46.